The summed E-state index contributed by atoms with van der Waals surface area (Å²) in [5.74, 6) is 1.06. The van der Waals surface area contributed by atoms with Gasteiger partial charge in [0.25, 0.3) is 0 Å². The molecule has 1 aliphatic rings. The molecular formula is C19H25IN4. The van der Waals surface area contributed by atoms with Crippen molar-refractivity contribution < 1.29 is 0 Å². The molecule has 24 heavy (non-hydrogen) atoms. The first-order valence-corrected chi connectivity index (χ1v) is 8.14. The summed E-state index contributed by atoms with van der Waals surface area (Å²) in [6.07, 6.45) is 1.16. The van der Waals surface area contributed by atoms with Gasteiger partial charge in [0.05, 0.1) is 0 Å². The summed E-state index contributed by atoms with van der Waals surface area (Å²) in [4.78, 5) is 6.93. The number of anilines is 2. The molecule has 1 heterocycles. The van der Waals surface area contributed by atoms with Crippen LogP contribution in [-0.4, -0.2) is 25.6 Å². The lowest BCUT2D eigenvalue weighted by Crippen LogP contribution is -2.25. The molecule has 2 aromatic carbocycles. The van der Waals surface area contributed by atoms with Crippen molar-refractivity contribution in [2.75, 3.05) is 29.9 Å². The molecule has 1 aliphatic heterocycles. The number of aliphatic imine (C=N–C) groups is 1. The molecule has 4 nitrogen and oxygen atoms in total. The number of guanidine groups is 1. The Balaban J connectivity index is 0.00000208. The Morgan fingerprint density at radius 3 is 2.58 bits per heavy atom. The van der Waals surface area contributed by atoms with Gasteiger partial charge in [0.2, 0.25) is 0 Å². The second-order valence-electron chi connectivity index (χ2n) is 6.15. The van der Waals surface area contributed by atoms with Crippen LogP contribution >= 0.6 is 24.0 Å². The molecule has 3 rings (SSSR count). The van der Waals surface area contributed by atoms with Crippen molar-refractivity contribution in [1.82, 2.24) is 0 Å². The maximum absolute atomic E-state index is 5.99. The van der Waals surface area contributed by atoms with E-state index in [-0.39, 0.29) is 24.0 Å². The van der Waals surface area contributed by atoms with Crippen molar-refractivity contribution in [3.8, 4) is 0 Å². The van der Waals surface area contributed by atoms with Crippen LogP contribution in [-0.2, 0) is 0 Å². The molecule has 0 aromatic heterocycles. The highest BCUT2D eigenvalue weighted by Gasteiger charge is 2.22. The zero-order valence-corrected chi connectivity index (χ0v) is 16.3. The number of hydrogen-bond acceptors (Lipinski definition) is 2. The number of hydrogen-bond donors (Lipinski definition) is 2. The van der Waals surface area contributed by atoms with E-state index in [1.807, 2.05) is 12.1 Å². The summed E-state index contributed by atoms with van der Waals surface area (Å²) in [5.41, 5.74) is 9.50. The fourth-order valence-electron chi connectivity index (χ4n) is 2.91. The van der Waals surface area contributed by atoms with Gasteiger partial charge in [0.15, 0.2) is 5.96 Å². The molecule has 1 fully saturated rings. The van der Waals surface area contributed by atoms with E-state index in [4.69, 9.17) is 5.73 Å². The third kappa shape index (κ3) is 5.12. The molecule has 0 saturated carbocycles. The van der Waals surface area contributed by atoms with Crippen LogP contribution in [0.1, 0.15) is 12.0 Å². The zero-order chi connectivity index (χ0) is 16.1. The van der Waals surface area contributed by atoms with Crippen molar-refractivity contribution in [2.45, 2.75) is 13.3 Å². The van der Waals surface area contributed by atoms with Crippen molar-refractivity contribution in [3.05, 3.63) is 60.2 Å². The quantitative estimate of drug-likeness (QED) is 0.435. The lowest BCUT2D eigenvalue weighted by molar-refractivity contribution is 0.603. The van der Waals surface area contributed by atoms with Crippen LogP contribution in [0.4, 0.5) is 11.4 Å². The van der Waals surface area contributed by atoms with E-state index < -0.39 is 0 Å². The van der Waals surface area contributed by atoms with Crippen LogP contribution in [0.2, 0.25) is 0 Å². The van der Waals surface area contributed by atoms with Crippen LogP contribution in [0.15, 0.2) is 59.6 Å². The third-order valence-electron chi connectivity index (χ3n) is 4.25. The molecular weight excluding hydrogens is 411 g/mol. The van der Waals surface area contributed by atoms with E-state index in [0.29, 0.717) is 11.9 Å². The molecule has 1 unspecified atom stereocenters. The number of rotatable bonds is 4. The molecule has 0 amide bonds. The average molecular weight is 436 g/mol. The van der Waals surface area contributed by atoms with Gasteiger partial charge in [-0.25, -0.2) is 0 Å². The Kier molecular flexibility index (Phi) is 6.90. The van der Waals surface area contributed by atoms with Crippen molar-refractivity contribution in [3.63, 3.8) is 0 Å². The Labute approximate surface area is 161 Å². The number of nitrogens with one attached hydrogen (secondary N) is 1. The van der Waals surface area contributed by atoms with E-state index in [1.165, 1.54) is 11.3 Å². The predicted octanol–water partition coefficient (Wildman–Crippen LogP) is 3.87. The van der Waals surface area contributed by atoms with E-state index in [1.54, 1.807) is 0 Å². The van der Waals surface area contributed by atoms with Gasteiger partial charge in [0.1, 0.15) is 0 Å². The highest BCUT2D eigenvalue weighted by Crippen LogP contribution is 2.23. The number of halogens is 1. The summed E-state index contributed by atoms with van der Waals surface area (Å²) in [7, 11) is 0. The van der Waals surface area contributed by atoms with Gasteiger partial charge in [0, 0.05) is 31.0 Å². The Hall–Kier alpha value is -1.76. The Morgan fingerprint density at radius 1 is 1.17 bits per heavy atom. The van der Waals surface area contributed by atoms with Crippen molar-refractivity contribution in [1.29, 1.82) is 0 Å². The SMILES string of the molecule is Cc1ccc(NC(N)=NCC2CCN(c3ccccc3)C2)cc1.I. The normalized spacial score (nSPS) is 17.5. The predicted molar refractivity (Wildman–Crippen MR) is 113 cm³/mol. The lowest BCUT2D eigenvalue weighted by Gasteiger charge is -2.18. The van der Waals surface area contributed by atoms with Gasteiger partial charge in [-0.2, -0.15) is 0 Å². The molecule has 0 spiro atoms. The van der Waals surface area contributed by atoms with Crippen LogP contribution in [0.25, 0.3) is 0 Å². The second-order valence-corrected chi connectivity index (χ2v) is 6.15. The number of nitrogens with zero attached hydrogens (tertiary/aromatic N) is 2. The Morgan fingerprint density at radius 2 is 1.88 bits per heavy atom. The monoisotopic (exact) mass is 436 g/mol. The topological polar surface area (TPSA) is 53.6 Å². The van der Waals surface area contributed by atoms with Crippen LogP contribution in [0, 0.1) is 12.8 Å². The zero-order valence-electron chi connectivity index (χ0n) is 14.0. The first-order chi connectivity index (χ1) is 11.2. The van der Waals surface area contributed by atoms with Gasteiger partial charge < -0.3 is 16.0 Å². The first-order valence-electron chi connectivity index (χ1n) is 8.14. The minimum atomic E-state index is 0. The maximum Gasteiger partial charge on any atom is 0.193 e. The van der Waals surface area contributed by atoms with Crippen molar-refractivity contribution >= 4 is 41.3 Å². The van der Waals surface area contributed by atoms with Gasteiger partial charge in [-0.05, 0) is 43.5 Å². The van der Waals surface area contributed by atoms with Crippen LogP contribution in [0.5, 0.6) is 0 Å². The largest absolute Gasteiger partial charge is 0.371 e. The first kappa shape index (κ1) is 18.6. The van der Waals surface area contributed by atoms with E-state index in [9.17, 15) is 0 Å². The smallest absolute Gasteiger partial charge is 0.193 e. The van der Waals surface area contributed by atoms with Gasteiger partial charge in [-0.3, -0.25) is 4.99 Å². The summed E-state index contributed by atoms with van der Waals surface area (Å²) in [5, 5.41) is 3.15. The molecule has 0 radical (unpaired) electrons. The van der Waals surface area contributed by atoms with Crippen molar-refractivity contribution in [2.24, 2.45) is 16.6 Å². The highest BCUT2D eigenvalue weighted by atomic mass is 127. The molecule has 2 aromatic rings. The van der Waals surface area contributed by atoms with E-state index >= 15 is 0 Å². The van der Waals surface area contributed by atoms with Gasteiger partial charge in [-0.1, -0.05) is 35.9 Å². The summed E-state index contributed by atoms with van der Waals surface area (Å²) >= 11 is 0. The van der Waals surface area contributed by atoms with Crippen LogP contribution < -0.4 is 16.0 Å². The maximum atomic E-state index is 5.99. The summed E-state index contributed by atoms with van der Waals surface area (Å²) < 4.78 is 0. The summed E-state index contributed by atoms with van der Waals surface area (Å²) in [6.45, 7) is 4.98. The molecule has 1 saturated heterocycles. The third-order valence-corrected chi connectivity index (χ3v) is 4.25. The van der Waals surface area contributed by atoms with E-state index in [2.05, 4.69) is 64.6 Å². The second kappa shape index (κ2) is 8.92. The van der Waals surface area contributed by atoms with E-state index in [0.717, 1.165) is 31.7 Å². The molecule has 1 atom stereocenters. The van der Waals surface area contributed by atoms with Crippen LogP contribution in [0.3, 0.4) is 0 Å². The lowest BCUT2D eigenvalue weighted by atomic mass is 10.1. The standard InChI is InChI=1S/C19H24N4.HI/c1-15-7-9-17(10-8-15)22-19(20)21-13-16-11-12-23(14-16)18-5-3-2-4-6-18;/h2-10,16H,11-14H2,1H3,(H3,20,21,22);1H. The Bertz CT molecular complexity index is 655. The minimum absolute atomic E-state index is 0. The molecule has 3 N–H and O–H groups in total. The number of para-hydroxylation sites is 1. The fourth-order valence-corrected chi connectivity index (χ4v) is 2.91. The molecule has 5 heteroatoms. The van der Waals surface area contributed by atoms with Gasteiger partial charge in [-0.15, -0.1) is 24.0 Å². The number of nitrogens with two attached hydrogens (primary N) is 1. The average Bonchev–Trinajstić information content (AvgIpc) is 3.05. The fraction of sp³-hybridized carbons (Fsp3) is 0.316. The van der Waals surface area contributed by atoms with Gasteiger partial charge >= 0.3 is 0 Å². The molecule has 128 valence electrons. The summed E-state index contributed by atoms with van der Waals surface area (Å²) in [6, 6.07) is 18.7. The number of aryl methyl sites for hydroxylation is 1. The molecule has 0 bridgehead atoms. The highest BCUT2D eigenvalue weighted by molar-refractivity contribution is 14.0. The minimum Gasteiger partial charge on any atom is -0.371 e. The molecule has 0 aliphatic carbocycles. The number of benzene rings is 2.